The monoisotopic (exact) mass is 267 g/mol. The standard InChI is InChI=1S/C13H25N5O/c1-5-15-10-8-11(18-12(14)17-10)16-9-13(2,3)6-7-19-4/h8H,5-7,9H2,1-4H3,(H4,14,15,16,17,18). The Balaban J connectivity index is 2.61. The number of nitrogens with two attached hydrogens (primary N) is 1. The maximum Gasteiger partial charge on any atom is 0.223 e. The molecule has 6 heteroatoms. The SMILES string of the molecule is CCNc1cc(NCC(C)(C)CCOC)nc(N)n1. The van der Waals surface area contributed by atoms with Crippen molar-refractivity contribution in [3.63, 3.8) is 0 Å². The van der Waals surface area contributed by atoms with Crippen LogP contribution >= 0.6 is 0 Å². The summed E-state index contributed by atoms with van der Waals surface area (Å²) in [6.07, 6.45) is 0.983. The molecule has 0 amide bonds. The first kappa shape index (κ1) is 15.5. The van der Waals surface area contributed by atoms with E-state index in [0.29, 0.717) is 0 Å². The molecule has 0 fully saturated rings. The van der Waals surface area contributed by atoms with Gasteiger partial charge in [0, 0.05) is 32.9 Å². The molecule has 0 aliphatic carbocycles. The molecule has 0 aliphatic rings. The van der Waals surface area contributed by atoms with Crippen LogP contribution in [-0.4, -0.2) is 36.8 Å². The van der Waals surface area contributed by atoms with Crippen LogP contribution in [0.1, 0.15) is 27.2 Å². The van der Waals surface area contributed by atoms with Crippen molar-refractivity contribution in [1.82, 2.24) is 9.97 Å². The van der Waals surface area contributed by atoms with Crippen molar-refractivity contribution >= 4 is 17.6 Å². The predicted molar refractivity (Wildman–Crippen MR) is 79.4 cm³/mol. The second-order valence-corrected chi connectivity index (χ2v) is 5.29. The summed E-state index contributed by atoms with van der Waals surface area (Å²) in [6, 6.07) is 1.87. The van der Waals surface area contributed by atoms with Crippen molar-refractivity contribution in [3.05, 3.63) is 6.07 Å². The summed E-state index contributed by atoms with van der Waals surface area (Å²) in [5, 5.41) is 6.44. The summed E-state index contributed by atoms with van der Waals surface area (Å²) < 4.78 is 5.12. The molecule has 1 heterocycles. The normalized spacial score (nSPS) is 11.4. The first-order chi connectivity index (χ1) is 8.96. The molecule has 0 saturated heterocycles. The lowest BCUT2D eigenvalue weighted by Crippen LogP contribution is -2.25. The number of nitrogens with one attached hydrogen (secondary N) is 2. The van der Waals surface area contributed by atoms with Crippen LogP contribution in [0.3, 0.4) is 0 Å². The zero-order valence-electron chi connectivity index (χ0n) is 12.3. The van der Waals surface area contributed by atoms with E-state index in [1.54, 1.807) is 7.11 Å². The lowest BCUT2D eigenvalue weighted by atomic mass is 9.90. The molecule has 0 saturated carbocycles. The van der Waals surface area contributed by atoms with Gasteiger partial charge in [0.1, 0.15) is 11.6 Å². The number of nitrogen functional groups attached to an aromatic ring is 1. The van der Waals surface area contributed by atoms with Crippen molar-refractivity contribution in [2.24, 2.45) is 5.41 Å². The van der Waals surface area contributed by atoms with E-state index in [4.69, 9.17) is 10.5 Å². The zero-order valence-corrected chi connectivity index (χ0v) is 12.3. The van der Waals surface area contributed by atoms with Gasteiger partial charge in [0.05, 0.1) is 0 Å². The molecule has 0 aromatic carbocycles. The van der Waals surface area contributed by atoms with Gasteiger partial charge in [-0.25, -0.2) is 0 Å². The molecule has 4 N–H and O–H groups in total. The summed E-state index contributed by atoms with van der Waals surface area (Å²) in [7, 11) is 1.72. The second kappa shape index (κ2) is 7.13. The first-order valence-corrected chi connectivity index (χ1v) is 6.58. The third-order valence-corrected chi connectivity index (χ3v) is 2.83. The third-order valence-electron chi connectivity index (χ3n) is 2.83. The van der Waals surface area contributed by atoms with Gasteiger partial charge < -0.3 is 21.1 Å². The Hall–Kier alpha value is -1.56. The number of hydrogen-bond acceptors (Lipinski definition) is 6. The van der Waals surface area contributed by atoms with Gasteiger partial charge in [0.2, 0.25) is 5.95 Å². The average molecular weight is 267 g/mol. The predicted octanol–water partition coefficient (Wildman–Crippen LogP) is 1.97. The Bertz CT molecular complexity index is 395. The quantitative estimate of drug-likeness (QED) is 0.667. The van der Waals surface area contributed by atoms with Crippen LogP contribution in [0.5, 0.6) is 0 Å². The molecule has 19 heavy (non-hydrogen) atoms. The summed E-state index contributed by atoms with van der Waals surface area (Å²) >= 11 is 0. The van der Waals surface area contributed by atoms with Crippen LogP contribution in [0.25, 0.3) is 0 Å². The fourth-order valence-electron chi connectivity index (χ4n) is 1.62. The molecule has 108 valence electrons. The first-order valence-electron chi connectivity index (χ1n) is 6.58. The Morgan fingerprint density at radius 2 is 1.89 bits per heavy atom. The van der Waals surface area contributed by atoms with E-state index in [9.17, 15) is 0 Å². The van der Waals surface area contributed by atoms with Crippen LogP contribution in [0.4, 0.5) is 17.6 Å². The maximum absolute atomic E-state index is 5.69. The van der Waals surface area contributed by atoms with Gasteiger partial charge in [0.25, 0.3) is 0 Å². The molecule has 0 atom stereocenters. The minimum Gasteiger partial charge on any atom is -0.385 e. The molecule has 0 radical (unpaired) electrons. The van der Waals surface area contributed by atoms with E-state index < -0.39 is 0 Å². The van der Waals surface area contributed by atoms with Gasteiger partial charge in [0.15, 0.2) is 0 Å². The fraction of sp³-hybridized carbons (Fsp3) is 0.692. The van der Waals surface area contributed by atoms with Gasteiger partial charge in [-0.15, -0.1) is 0 Å². The zero-order chi connectivity index (χ0) is 14.3. The largest absolute Gasteiger partial charge is 0.385 e. The summed E-state index contributed by atoms with van der Waals surface area (Å²) in [5.74, 6) is 1.76. The Morgan fingerprint density at radius 3 is 2.47 bits per heavy atom. The highest BCUT2D eigenvalue weighted by molar-refractivity contribution is 5.50. The topological polar surface area (TPSA) is 85.1 Å². The Labute approximate surface area is 115 Å². The minimum atomic E-state index is 0.133. The second-order valence-electron chi connectivity index (χ2n) is 5.29. The number of methoxy groups -OCH3 is 1. The summed E-state index contributed by atoms with van der Waals surface area (Å²) in [6.45, 7) is 8.75. The number of anilines is 3. The summed E-state index contributed by atoms with van der Waals surface area (Å²) in [5.41, 5.74) is 5.82. The molecular formula is C13H25N5O. The smallest absolute Gasteiger partial charge is 0.223 e. The third kappa shape index (κ3) is 5.74. The van der Waals surface area contributed by atoms with E-state index in [2.05, 4.69) is 34.4 Å². The highest BCUT2D eigenvalue weighted by atomic mass is 16.5. The van der Waals surface area contributed by atoms with E-state index in [-0.39, 0.29) is 11.4 Å². The molecule has 6 nitrogen and oxygen atoms in total. The van der Waals surface area contributed by atoms with Crippen LogP contribution in [0, 0.1) is 5.41 Å². The number of aromatic nitrogens is 2. The van der Waals surface area contributed by atoms with Gasteiger partial charge in [-0.3, -0.25) is 0 Å². The van der Waals surface area contributed by atoms with E-state index in [0.717, 1.165) is 37.8 Å². The van der Waals surface area contributed by atoms with Gasteiger partial charge in [-0.05, 0) is 18.8 Å². The molecule has 1 rings (SSSR count). The number of ether oxygens (including phenoxy) is 1. The molecule has 0 aliphatic heterocycles. The van der Waals surface area contributed by atoms with Gasteiger partial charge >= 0.3 is 0 Å². The van der Waals surface area contributed by atoms with Crippen LogP contribution < -0.4 is 16.4 Å². The van der Waals surface area contributed by atoms with Crippen molar-refractivity contribution in [2.45, 2.75) is 27.2 Å². The van der Waals surface area contributed by atoms with Gasteiger partial charge in [-0.1, -0.05) is 13.8 Å². The minimum absolute atomic E-state index is 0.133. The fourth-order valence-corrected chi connectivity index (χ4v) is 1.62. The highest BCUT2D eigenvalue weighted by Gasteiger charge is 2.17. The Kier molecular flexibility index (Phi) is 5.82. The van der Waals surface area contributed by atoms with Crippen molar-refractivity contribution in [2.75, 3.05) is 43.2 Å². The molecule has 0 bridgehead atoms. The molecule has 0 unspecified atom stereocenters. The van der Waals surface area contributed by atoms with Gasteiger partial charge in [-0.2, -0.15) is 9.97 Å². The molecular weight excluding hydrogens is 242 g/mol. The number of hydrogen-bond donors (Lipinski definition) is 3. The van der Waals surface area contributed by atoms with E-state index >= 15 is 0 Å². The number of nitrogens with zero attached hydrogens (tertiary/aromatic N) is 2. The average Bonchev–Trinajstić information content (AvgIpc) is 2.34. The van der Waals surface area contributed by atoms with Crippen LogP contribution in [0.15, 0.2) is 6.07 Å². The van der Waals surface area contributed by atoms with Crippen molar-refractivity contribution in [3.8, 4) is 0 Å². The highest BCUT2D eigenvalue weighted by Crippen LogP contribution is 2.21. The van der Waals surface area contributed by atoms with E-state index in [1.165, 1.54) is 0 Å². The lowest BCUT2D eigenvalue weighted by molar-refractivity contribution is 0.157. The number of rotatable bonds is 8. The summed E-state index contributed by atoms with van der Waals surface area (Å²) in [4.78, 5) is 8.30. The molecule has 0 spiro atoms. The van der Waals surface area contributed by atoms with Crippen molar-refractivity contribution < 1.29 is 4.74 Å². The van der Waals surface area contributed by atoms with Crippen molar-refractivity contribution in [1.29, 1.82) is 0 Å². The maximum atomic E-state index is 5.69. The Morgan fingerprint density at radius 1 is 1.26 bits per heavy atom. The van der Waals surface area contributed by atoms with E-state index in [1.807, 2.05) is 13.0 Å². The van der Waals surface area contributed by atoms with Crippen LogP contribution in [0.2, 0.25) is 0 Å². The molecule has 1 aromatic heterocycles. The lowest BCUT2D eigenvalue weighted by Gasteiger charge is -2.25. The van der Waals surface area contributed by atoms with Crippen LogP contribution in [-0.2, 0) is 4.74 Å². The molecule has 1 aromatic rings.